The van der Waals surface area contributed by atoms with Gasteiger partial charge in [-0.2, -0.15) is 0 Å². The molecule has 0 aromatic heterocycles. The van der Waals surface area contributed by atoms with Gasteiger partial charge in [-0.1, -0.05) is 30.2 Å². The number of nitrogens with one attached hydrogen (secondary N) is 1. The van der Waals surface area contributed by atoms with Crippen LogP contribution in [0.1, 0.15) is 33.1 Å². The standard InChI is InChI=1S/C16H25ClN2O2/c1-12-6-5-7-13(2)19(12)18-10-14(20)11-21-16-9-4-3-8-15(16)17/h3-4,8-9,12-14,18,20H,5-7,10-11H2,1-2H3. The lowest BCUT2D eigenvalue weighted by molar-refractivity contribution is 0.0171. The average molecular weight is 313 g/mol. The van der Waals surface area contributed by atoms with Gasteiger partial charge in [-0.25, -0.2) is 5.01 Å². The maximum absolute atomic E-state index is 10.0. The lowest BCUT2D eigenvalue weighted by atomic mass is 10.00. The number of halogens is 1. The van der Waals surface area contributed by atoms with Gasteiger partial charge < -0.3 is 9.84 Å². The summed E-state index contributed by atoms with van der Waals surface area (Å²) in [5.74, 6) is 0.609. The Hall–Kier alpha value is -0.810. The molecule has 0 amide bonds. The third-order valence-corrected chi connectivity index (χ3v) is 4.28. The highest BCUT2D eigenvalue weighted by atomic mass is 35.5. The molecule has 1 aromatic carbocycles. The molecule has 0 bridgehead atoms. The van der Waals surface area contributed by atoms with Gasteiger partial charge in [0, 0.05) is 18.6 Å². The molecular formula is C16H25ClN2O2. The van der Waals surface area contributed by atoms with Crippen molar-refractivity contribution in [1.82, 2.24) is 10.4 Å². The molecule has 1 heterocycles. The van der Waals surface area contributed by atoms with Gasteiger partial charge >= 0.3 is 0 Å². The molecule has 0 aliphatic carbocycles. The van der Waals surface area contributed by atoms with Crippen molar-refractivity contribution in [1.29, 1.82) is 0 Å². The van der Waals surface area contributed by atoms with Crippen LogP contribution in [-0.4, -0.2) is 41.5 Å². The number of aliphatic hydroxyl groups excluding tert-OH is 1. The van der Waals surface area contributed by atoms with Crippen molar-refractivity contribution in [3.8, 4) is 5.75 Å². The van der Waals surface area contributed by atoms with Crippen molar-refractivity contribution in [3.05, 3.63) is 29.3 Å². The lowest BCUT2D eigenvalue weighted by Gasteiger charge is -2.39. The summed E-state index contributed by atoms with van der Waals surface area (Å²) in [6, 6.07) is 8.31. The van der Waals surface area contributed by atoms with Crippen LogP contribution in [-0.2, 0) is 0 Å². The van der Waals surface area contributed by atoms with Crippen LogP contribution in [0.25, 0.3) is 0 Å². The summed E-state index contributed by atoms with van der Waals surface area (Å²) < 4.78 is 5.55. The first-order valence-corrected chi connectivity index (χ1v) is 8.03. The number of ether oxygens (including phenoxy) is 1. The van der Waals surface area contributed by atoms with Gasteiger partial charge in [0.2, 0.25) is 0 Å². The van der Waals surface area contributed by atoms with E-state index in [-0.39, 0.29) is 6.61 Å². The van der Waals surface area contributed by atoms with E-state index in [1.54, 1.807) is 12.1 Å². The van der Waals surface area contributed by atoms with Gasteiger partial charge in [-0.05, 0) is 38.8 Å². The molecule has 2 rings (SSSR count). The monoisotopic (exact) mass is 312 g/mol. The minimum atomic E-state index is -0.567. The first-order valence-electron chi connectivity index (χ1n) is 7.65. The smallest absolute Gasteiger partial charge is 0.138 e. The second-order valence-electron chi connectivity index (χ2n) is 5.79. The predicted molar refractivity (Wildman–Crippen MR) is 85.6 cm³/mol. The molecule has 4 nitrogen and oxygen atoms in total. The molecule has 118 valence electrons. The zero-order valence-corrected chi connectivity index (χ0v) is 13.5. The van der Waals surface area contributed by atoms with E-state index in [4.69, 9.17) is 16.3 Å². The Labute approximate surface area is 132 Å². The summed E-state index contributed by atoms with van der Waals surface area (Å²) in [4.78, 5) is 0. The van der Waals surface area contributed by atoms with E-state index in [1.165, 1.54) is 19.3 Å². The lowest BCUT2D eigenvalue weighted by Crippen LogP contribution is -2.54. The van der Waals surface area contributed by atoms with E-state index >= 15 is 0 Å². The van der Waals surface area contributed by atoms with E-state index in [9.17, 15) is 5.11 Å². The van der Waals surface area contributed by atoms with Crippen LogP contribution < -0.4 is 10.2 Å². The van der Waals surface area contributed by atoms with Crippen molar-refractivity contribution < 1.29 is 9.84 Å². The van der Waals surface area contributed by atoms with Crippen molar-refractivity contribution >= 4 is 11.6 Å². The van der Waals surface area contributed by atoms with Gasteiger partial charge in [0.15, 0.2) is 0 Å². The number of benzene rings is 1. The zero-order valence-electron chi connectivity index (χ0n) is 12.8. The molecular weight excluding hydrogens is 288 g/mol. The molecule has 1 aliphatic rings. The summed E-state index contributed by atoms with van der Waals surface area (Å²) in [5, 5.41) is 12.9. The predicted octanol–water partition coefficient (Wildman–Crippen LogP) is 2.85. The topological polar surface area (TPSA) is 44.7 Å². The fourth-order valence-electron chi connectivity index (χ4n) is 2.75. The number of rotatable bonds is 6. The van der Waals surface area contributed by atoms with Crippen molar-refractivity contribution in [3.63, 3.8) is 0 Å². The number of hydrogen-bond acceptors (Lipinski definition) is 4. The van der Waals surface area contributed by atoms with Gasteiger partial charge in [0.05, 0.1) is 5.02 Å². The maximum Gasteiger partial charge on any atom is 0.138 e. The second-order valence-corrected chi connectivity index (χ2v) is 6.20. The fourth-order valence-corrected chi connectivity index (χ4v) is 2.94. The molecule has 3 unspecified atom stereocenters. The first kappa shape index (κ1) is 16.6. The third-order valence-electron chi connectivity index (χ3n) is 3.97. The van der Waals surface area contributed by atoms with Crippen LogP contribution in [0, 0.1) is 0 Å². The summed E-state index contributed by atoms with van der Waals surface area (Å²) in [7, 11) is 0. The van der Waals surface area contributed by atoms with Gasteiger partial charge in [-0.3, -0.25) is 5.43 Å². The largest absolute Gasteiger partial charge is 0.489 e. The van der Waals surface area contributed by atoms with Gasteiger partial charge in [0.1, 0.15) is 18.5 Å². The van der Waals surface area contributed by atoms with Crippen molar-refractivity contribution in [2.24, 2.45) is 0 Å². The average Bonchev–Trinajstić information content (AvgIpc) is 2.46. The quantitative estimate of drug-likeness (QED) is 0.848. The Bertz CT molecular complexity index is 434. The second kappa shape index (κ2) is 7.99. The maximum atomic E-state index is 10.0. The molecule has 5 heteroatoms. The molecule has 3 atom stereocenters. The van der Waals surface area contributed by atoms with Crippen molar-refractivity contribution in [2.75, 3.05) is 13.2 Å². The van der Waals surface area contributed by atoms with Crippen LogP contribution in [0.5, 0.6) is 5.75 Å². The Balaban J connectivity index is 1.74. The van der Waals surface area contributed by atoms with Crippen LogP contribution >= 0.6 is 11.6 Å². The molecule has 21 heavy (non-hydrogen) atoms. The highest BCUT2D eigenvalue weighted by molar-refractivity contribution is 6.32. The summed E-state index contributed by atoms with van der Waals surface area (Å²) in [6.07, 6.45) is 3.11. The summed E-state index contributed by atoms with van der Waals surface area (Å²) in [6.45, 7) is 5.15. The highest BCUT2D eigenvalue weighted by Gasteiger charge is 2.24. The Morgan fingerprint density at radius 1 is 1.33 bits per heavy atom. The molecule has 1 fully saturated rings. The van der Waals surface area contributed by atoms with Crippen LogP contribution in [0.3, 0.4) is 0 Å². The molecule has 0 radical (unpaired) electrons. The van der Waals surface area contributed by atoms with Crippen molar-refractivity contribution in [2.45, 2.75) is 51.3 Å². The fraction of sp³-hybridized carbons (Fsp3) is 0.625. The number of aliphatic hydroxyl groups is 1. The molecule has 0 spiro atoms. The minimum absolute atomic E-state index is 0.229. The van der Waals surface area contributed by atoms with E-state index < -0.39 is 6.10 Å². The van der Waals surface area contributed by atoms with Crippen LogP contribution in [0.2, 0.25) is 5.02 Å². The zero-order chi connectivity index (χ0) is 15.2. The minimum Gasteiger partial charge on any atom is -0.489 e. The Morgan fingerprint density at radius 3 is 2.67 bits per heavy atom. The summed E-state index contributed by atoms with van der Waals surface area (Å²) in [5.41, 5.74) is 3.34. The molecule has 2 N–H and O–H groups in total. The van der Waals surface area contributed by atoms with Crippen LogP contribution in [0.4, 0.5) is 0 Å². The van der Waals surface area contributed by atoms with E-state index in [2.05, 4.69) is 24.3 Å². The number of para-hydroxylation sites is 1. The van der Waals surface area contributed by atoms with E-state index in [0.29, 0.717) is 29.4 Å². The third kappa shape index (κ3) is 4.85. The molecule has 1 saturated heterocycles. The van der Waals surface area contributed by atoms with E-state index in [1.807, 2.05) is 12.1 Å². The molecule has 1 aromatic rings. The Kier molecular flexibility index (Phi) is 6.30. The molecule has 1 aliphatic heterocycles. The number of piperidine rings is 1. The van der Waals surface area contributed by atoms with Gasteiger partial charge in [0.25, 0.3) is 0 Å². The Morgan fingerprint density at radius 2 is 2.00 bits per heavy atom. The highest BCUT2D eigenvalue weighted by Crippen LogP contribution is 2.23. The van der Waals surface area contributed by atoms with Gasteiger partial charge in [-0.15, -0.1) is 0 Å². The number of nitrogens with zero attached hydrogens (tertiary/aromatic N) is 1. The molecule has 0 saturated carbocycles. The summed E-state index contributed by atoms with van der Waals surface area (Å²) >= 11 is 6.01. The number of hydrazine groups is 1. The SMILES string of the molecule is CC1CCCC(C)N1NCC(O)COc1ccccc1Cl. The normalized spacial score (nSPS) is 24.8. The van der Waals surface area contributed by atoms with E-state index in [0.717, 1.165) is 0 Å². The number of hydrogen-bond donors (Lipinski definition) is 2. The van der Waals surface area contributed by atoms with Crippen LogP contribution in [0.15, 0.2) is 24.3 Å². The first-order chi connectivity index (χ1) is 10.1.